The number of nitrogens with one attached hydrogen (secondary N) is 1. The standard InChI is InChI=1S/C46H33N/c1-2-11-36-29-37(22-19-31(36)9-1)32-17-20-34(21-18-32)40-13-7-8-16-46(40)47-38-26-23-35(24-27-38)44-30-45-39-12-4-3-10-33(39)25-28-43(45)41-14-5-6-15-42(41)44/h1-30,40,46-47H. The Balaban J connectivity index is 1.00. The van der Waals surface area contributed by atoms with E-state index in [1.807, 2.05) is 0 Å². The molecule has 222 valence electrons. The zero-order valence-corrected chi connectivity index (χ0v) is 26.0. The van der Waals surface area contributed by atoms with E-state index in [1.54, 1.807) is 0 Å². The van der Waals surface area contributed by atoms with Crippen molar-refractivity contribution >= 4 is 48.8 Å². The zero-order valence-electron chi connectivity index (χ0n) is 26.0. The minimum atomic E-state index is 0.158. The summed E-state index contributed by atoms with van der Waals surface area (Å²) in [5.74, 6) is 0.239. The summed E-state index contributed by atoms with van der Waals surface area (Å²) < 4.78 is 0. The van der Waals surface area contributed by atoms with Crippen LogP contribution in [0.25, 0.3) is 65.3 Å². The van der Waals surface area contributed by atoms with Crippen LogP contribution >= 0.6 is 0 Å². The number of fused-ring (bicyclic) bond motifs is 6. The van der Waals surface area contributed by atoms with E-state index in [4.69, 9.17) is 0 Å². The summed E-state index contributed by atoms with van der Waals surface area (Å²) in [5.41, 5.74) is 7.40. The summed E-state index contributed by atoms with van der Waals surface area (Å²) in [4.78, 5) is 0. The predicted molar refractivity (Wildman–Crippen MR) is 202 cm³/mol. The molecule has 1 N–H and O–H groups in total. The van der Waals surface area contributed by atoms with E-state index in [9.17, 15) is 0 Å². The normalized spacial score (nSPS) is 15.9. The van der Waals surface area contributed by atoms with Crippen molar-refractivity contribution in [1.82, 2.24) is 0 Å². The highest BCUT2D eigenvalue weighted by atomic mass is 14.9. The first kappa shape index (κ1) is 27.4. The average Bonchev–Trinajstić information content (AvgIpc) is 3.15. The van der Waals surface area contributed by atoms with Crippen LogP contribution in [0.5, 0.6) is 0 Å². The highest BCUT2D eigenvalue weighted by molar-refractivity contribution is 6.20. The second-order valence-electron chi connectivity index (χ2n) is 12.6. The topological polar surface area (TPSA) is 12.0 Å². The van der Waals surface area contributed by atoms with Gasteiger partial charge < -0.3 is 5.32 Å². The molecule has 1 heteroatoms. The molecule has 0 heterocycles. The third kappa shape index (κ3) is 4.98. The van der Waals surface area contributed by atoms with Gasteiger partial charge in [-0.2, -0.15) is 0 Å². The minimum absolute atomic E-state index is 0.158. The third-order valence-corrected chi connectivity index (χ3v) is 9.81. The van der Waals surface area contributed by atoms with Gasteiger partial charge in [0.05, 0.1) is 6.04 Å². The fraction of sp³-hybridized carbons (Fsp3) is 0.0435. The van der Waals surface area contributed by atoms with Crippen molar-refractivity contribution in [2.45, 2.75) is 12.0 Å². The lowest BCUT2D eigenvalue weighted by molar-refractivity contribution is 0.756. The SMILES string of the molecule is C1=CC(Nc2ccc(-c3cc4c5ccccc5ccc4c4ccccc34)cc2)C(c2ccc(-c3ccc4ccccc4c3)cc2)C=C1. The monoisotopic (exact) mass is 599 g/mol. The molecule has 0 amide bonds. The van der Waals surface area contributed by atoms with Gasteiger partial charge in [0, 0.05) is 11.6 Å². The molecule has 0 aromatic heterocycles. The van der Waals surface area contributed by atoms with Gasteiger partial charge in [-0.25, -0.2) is 0 Å². The number of anilines is 1. The largest absolute Gasteiger partial charge is 0.378 e. The molecule has 8 aromatic carbocycles. The molecule has 9 rings (SSSR count). The van der Waals surface area contributed by atoms with Crippen molar-refractivity contribution < 1.29 is 0 Å². The number of allylic oxidation sites excluding steroid dienone is 2. The van der Waals surface area contributed by atoms with Crippen molar-refractivity contribution in [3.8, 4) is 22.3 Å². The van der Waals surface area contributed by atoms with Crippen molar-refractivity contribution in [2.24, 2.45) is 0 Å². The van der Waals surface area contributed by atoms with Gasteiger partial charge in [-0.3, -0.25) is 0 Å². The number of hydrogen-bond donors (Lipinski definition) is 1. The van der Waals surface area contributed by atoms with Gasteiger partial charge in [-0.15, -0.1) is 0 Å². The Kier molecular flexibility index (Phi) is 6.68. The first-order chi connectivity index (χ1) is 23.3. The van der Waals surface area contributed by atoms with Crippen molar-refractivity contribution in [3.05, 3.63) is 188 Å². The molecule has 0 aliphatic heterocycles. The lowest BCUT2D eigenvalue weighted by Crippen LogP contribution is -2.25. The molecule has 0 radical (unpaired) electrons. The Hall–Kier alpha value is -5.92. The molecule has 1 aliphatic rings. The van der Waals surface area contributed by atoms with E-state index in [0.717, 1.165) is 5.69 Å². The van der Waals surface area contributed by atoms with Gasteiger partial charge in [-0.05, 0) is 95.2 Å². The highest BCUT2D eigenvalue weighted by Gasteiger charge is 2.21. The molecule has 2 atom stereocenters. The molecule has 1 aliphatic carbocycles. The van der Waals surface area contributed by atoms with Gasteiger partial charge in [0.2, 0.25) is 0 Å². The van der Waals surface area contributed by atoms with Gasteiger partial charge in [0.25, 0.3) is 0 Å². The van der Waals surface area contributed by atoms with Crippen LogP contribution in [-0.4, -0.2) is 6.04 Å². The Labute approximate surface area is 275 Å². The van der Waals surface area contributed by atoms with Crippen molar-refractivity contribution in [3.63, 3.8) is 0 Å². The predicted octanol–water partition coefficient (Wildman–Crippen LogP) is 12.3. The zero-order chi connectivity index (χ0) is 31.2. The Bertz CT molecular complexity index is 2480. The van der Waals surface area contributed by atoms with Crippen LogP contribution in [0, 0.1) is 0 Å². The van der Waals surface area contributed by atoms with E-state index in [1.165, 1.54) is 70.9 Å². The van der Waals surface area contributed by atoms with E-state index >= 15 is 0 Å². The lowest BCUT2D eigenvalue weighted by Gasteiger charge is -2.27. The summed E-state index contributed by atoms with van der Waals surface area (Å²) in [6.07, 6.45) is 8.90. The number of benzene rings is 8. The van der Waals surface area contributed by atoms with Crippen LogP contribution in [0.3, 0.4) is 0 Å². The maximum absolute atomic E-state index is 3.83. The average molecular weight is 600 g/mol. The summed E-state index contributed by atoms with van der Waals surface area (Å²) in [7, 11) is 0. The van der Waals surface area contributed by atoms with Crippen LogP contribution in [0.15, 0.2) is 182 Å². The van der Waals surface area contributed by atoms with E-state index in [-0.39, 0.29) is 12.0 Å². The Morgan fingerprint density at radius 2 is 1.00 bits per heavy atom. The molecular weight excluding hydrogens is 567 g/mol. The van der Waals surface area contributed by atoms with Gasteiger partial charge in [0.15, 0.2) is 0 Å². The summed E-state index contributed by atoms with van der Waals surface area (Å²) in [6, 6.07) is 57.9. The van der Waals surface area contributed by atoms with Crippen molar-refractivity contribution in [1.29, 1.82) is 0 Å². The number of hydrogen-bond acceptors (Lipinski definition) is 1. The Morgan fingerprint density at radius 3 is 1.83 bits per heavy atom. The van der Waals surface area contributed by atoms with Crippen LogP contribution in [-0.2, 0) is 0 Å². The van der Waals surface area contributed by atoms with Gasteiger partial charge >= 0.3 is 0 Å². The van der Waals surface area contributed by atoms with Crippen LogP contribution in [0.1, 0.15) is 11.5 Å². The Morgan fingerprint density at radius 1 is 0.383 bits per heavy atom. The second-order valence-corrected chi connectivity index (χ2v) is 12.6. The number of rotatable bonds is 5. The van der Waals surface area contributed by atoms with Crippen molar-refractivity contribution in [2.75, 3.05) is 5.32 Å². The smallest absolute Gasteiger partial charge is 0.0550 e. The first-order valence-electron chi connectivity index (χ1n) is 16.4. The molecular formula is C46H33N. The summed E-state index contributed by atoms with van der Waals surface area (Å²) in [6.45, 7) is 0. The van der Waals surface area contributed by atoms with Crippen LogP contribution < -0.4 is 5.32 Å². The quantitative estimate of drug-likeness (QED) is 0.194. The van der Waals surface area contributed by atoms with E-state index in [2.05, 4.69) is 187 Å². The van der Waals surface area contributed by atoms with E-state index in [0.29, 0.717) is 0 Å². The molecule has 0 bridgehead atoms. The maximum atomic E-state index is 3.83. The molecule has 8 aromatic rings. The molecule has 2 unspecified atom stereocenters. The van der Waals surface area contributed by atoms with E-state index < -0.39 is 0 Å². The van der Waals surface area contributed by atoms with Crippen LogP contribution in [0.2, 0.25) is 0 Å². The second kappa shape index (κ2) is 11.5. The van der Waals surface area contributed by atoms with Gasteiger partial charge in [-0.1, -0.05) is 158 Å². The molecule has 1 nitrogen and oxygen atoms in total. The fourth-order valence-electron chi connectivity index (χ4n) is 7.37. The maximum Gasteiger partial charge on any atom is 0.0550 e. The molecule has 0 saturated heterocycles. The molecule has 0 saturated carbocycles. The summed E-state index contributed by atoms with van der Waals surface area (Å²) >= 11 is 0. The molecule has 47 heavy (non-hydrogen) atoms. The fourth-order valence-corrected chi connectivity index (χ4v) is 7.37. The highest BCUT2D eigenvalue weighted by Crippen LogP contribution is 2.38. The molecule has 0 fully saturated rings. The molecule has 0 spiro atoms. The van der Waals surface area contributed by atoms with Gasteiger partial charge in [0.1, 0.15) is 0 Å². The lowest BCUT2D eigenvalue weighted by atomic mass is 9.87. The minimum Gasteiger partial charge on any atom is -0.378 e. The summed E-state index contributed by atoms with van der Waals surface area (Å²) in [5, 5.41) is 14.1. The third-order valence-electron chi connectivity index (χ3n) is 9.81. The first-order valence-corrected chi connectivity index (χ1v) is 16.4. The van der Waals surface area contributed by atoms with Crippen LogP contribution in [0.4, 0.5) is 5.69 Å².